The van der Waals surface area contributed by atoms with E-state index in [0.717, 1.165) is 30.7 Å². The molecule has 0 saturated carbocycles. The second-order valence-electron chi connectivity index (χ2n) is 9.14. The number of hydrogen-bond donors (Lipinski definition) is 0. The summed E-state index contributed by atoms with van der Waals surface area (Å²) in [5, 5.41) is 0.838. The molecule has 0 aromatic heterocycles. The van der Waals surface area contributed by atoms with Gasteiger partial charge in [-0.25, -0.2) is 0 Å². The molecular formula is C30H60BrClO12. The molecule has 266 valence electrons. The van der Waals surface area contributed by atoms with E-state index in [9.17, 15) is 0 Å². The van der Waals surface area contributed by atoms with Crippen LogP contribution in [0.1, 0.15) is 25.7 Å². The molecule has 0 aliphatic rings. The standard InChI is InChI=1S/C30H60BrClO12/c31-5-8-34-10-12-36-14-16-38-18-20-40-22-24-42-26-28-44-30-29-43-27-25-41-23-21-39-19-17-37-15-13-35-11-9-33-7-4-2-1-3-6-32/h1-30H2. The van der Waals surface area contributed by atoms with Gasteiger partial charge in [0, 0.05) is 17.8 Å². The average Bonchev–Trinajstić information content (AvgIpc) is 3.04. The monoisotopic (exact) mass is 726 g/mol. The van der Waals surface area contributed by atoms with E-state index >= 15 is 0 Å². The zero-order valence-electron chi connectivity index (χ0n) is 26.9. The maximum Gasteiger partial charge on any atom is 0.0701 e. The molecule has 0 spiro atoms. The first-order chi connectivity index (χ1) is 21.9. The quantitative estimate of drug-likeness (QED) is 0.0681. The number of hydrogen-bond acceptors (Lipinski definition) is 12. The molecule has 0 heterocycles. The van der Waals surface area contributed by atoms with Gasteiger partial charge in [0.15, 0.2) is 0 Å². The van der Waals surface area contributed by atoms with E-state index in [1.54, 1.807) is 0 Å². The first-order valence-corrected chi connectivity index (χ1v) is 17.6. The fourth-order valence-corrected chi connectivity index (χ4v) is 3.65. The molecule has 0 amide bonds. The molecule has 0 aromatic rings. The molecule has 0 saturated heterocycles. The Balaban J connectivity index is 3.03. The highest BCUT2D eigenvalue weighted by atomic mass is 79.9. The van der Waals surface area contributed by atoms with Crippen molar-refractivity contribution in [1.29, 1.82) is 0 Å². The molecule has 0 rings (SSSR count). The van der Waals surface area contributed by atoms with Crippen LogP contribution in [-0.4, -0.2) is 170 Å². The summed E-state index contributed by atoms with van der Waals surface area (Å²) in [6.45, 7) is 13.4. The van der Waals surface area contributed by atoms with Gasteiger partial charge in [0.2, 0.25) is 0 Å². The second kappa shape index (κ2) is 43.3. The van der Waals surface area contributed by atoms with Crippen LogP contribution >= 0.6 is 27.5 Å². The first-order valence-electron chi connectivity index (χ1n) is 16.0. The lowest BCUT2D eigenvalue weighted by molar-refractivity contribution is -0.0282. The van der Waals surface area contributed by atoms with Crippen molar-refractivity contribution in [1.82, 2.24) is 0 Å². The lowest BCUT2D eigenvalue weighted by Gasteiger charge is -2.09. The number of unbranched alkanes of at least 4 members (excludes halogenated alkanes) is 3. The van der Waals surface area contributed by atoms with Crippen LogP contribution < -0.4 is 0 Å². The molecule has 0 aromatic carbocycles. The Morgan fingerprint density at radius 3 is 0.682 bits per heavy atom. The molecule has 0 bridgehead atoms. The van der Waals surface area contributed by atoms with E-state index in [1.165, 1.54) is 12.8 Å². The van der Waals surface area contributed by atoms with E-state index in [-0.39, 0.29) is 0 Å². The minimum atomic E-state index is 0.516. The van der Waals surface area contributed by atoms with Gasteiger partial charge in [0.1, 0.15) is 0 Å². The SMILES string of the molecule is ClCCCCCCOCCOCCOCCOCCOCCOCCOCCOCCOCCOCCOCCOCCBr. The number of ether oxygens (including phenoxy) is 12. The maximum absolute atomic E-state index is 5.65. The molecule has 0 N–H and O–H groups in total. The minimum Gasteiger partial charge on any atom is -0.379 e. The lowest BCUT2D eigenvalue weighted by Crippen LogP contribution is -2.15. The van der Waals surface area contributed by atoms with Gasteiger partial charge in [0.25, 0.3) is 0 Å². The van der Waals surface area contributed by atoms with Crippen LogP contribution in [0.25, 0.3) is 0 Å². The second-order valence-corrected chi connectivity index (χ2v) is 10.3. The fourth-order valence-electron chi connectivity index (χ4n) is 3.23. The smallest absolute Gasteiger partial charge is 0.0701 e. The van der Waals surface area contributed by atoms with Crippen LogP contribution in [0, 0.1) is 0 Å². The van der Waals surface area contributed by atoms with E-state index in [0.29, 0.717) is 152 Å². The number of halogens is 2. The predicted molar refractivity (Wildman–Crippen MR) is 173 cm³/mol. The van der Waals surface area contributed by atoms with E-state index in [4.69, 9.17) is 68.4 Å². The minimum absolute atomic E-state index is 0.516. The van der Waals surface area contributed by atoms with Crippen LogP contribution in [0.2, 0.25) is 0 Å². The van der Waals surface area contributed by atoms with Crippen molar-refractivity contribution < 1.29 is 56.8 Å². The van der Waals surface area contributed by atoms with Crippen LogP contribution in [0.15, 0.2) is 0 Å². The summed E-state index contributed by atoms with van der Waals surface area (Å²) in [7, 11) is 0. The molecule has 44 heavy (non-hydrogen) atoms. The summed E-state index contributed by atoms with van der Waals surface area (Å²) in [6, 6.07) is 0. The van der Waals surface area contributed by atoms with Crippen molar-refractivity contribution in [3.63, 3.8) is 0 Å². The molecule has 0 radical (unpaired) electrons. The molecule has 12 nitrogen and oxygen atoms in total. The van der Waals surface area contributed by atoms with E-state index in [1.807, 2.05) is 0 Å². The first kappa shape index (κ1) is 44.3. The Morgan fingerprint density at radius 2 is 0.455 bits per heavy atom. The third-order valence-electron chi connectivity index (χ3n) is 5.49. The average molecular weight is 728 g/mol. The molecule has 0 unspecified atom stereocenters. The van der Waals surface area contributed by atoms with Gasteiger partial charge in [-0.2, -0.15) is 0 Å². The summed E-state index contributed by atoms with van der Waals surface area (Å²) in [4.78, 5) is 0. The summed E-state index contributed by atoms with van der Waals surface area (Å²) in [6.07, 6.45) is 4.50. The molecule has 0 aliphatic heterocycles. The summed E-state index contributed by atoms with van der Waals surface area (Å²) < 4.78 is 65.4. The Bertz CT molecular complexity index is 461. The van der Waals surface area contributed by atoms with Crippen molar-refractivity contribution in [2.75, 3.05) is 170 Å². The molecule has 14 heteroatoms. The van der Waals surface area contributed by atoms with Crippen LogP contribution in [-0.2, 0) is 56.8 Å². The summed E-state index contributed by atoms with van der Waals surface area (Å²) in [5.41, 5.74) is 0. The fraction of sp³-hybridized carbons (Fsp3) is 1.00. The van der Waals surface area contributed by atoms with Gasteiger partial charge in [-0.1, -0.05) is 28.8 Å². The molecule has 0 aliphatic carbocycles. The van der Waals surface area contributed by atoms with Gasteiger partial charge in [-0.05, 0) is 12.8 Å². The Kier molecular flexibility index (Phi) is 43.6. The van der Waals surface area contributed by atoms with Gasteiger partial charge >= 0.3 is 0 Å². The van der Waals surface area contributed by atoms with Crippen molar-refractivity contribution in [2.45, 2.75) is 25.7 Å². The summed E-state index contributed by atoms with van der Waals surface area (Å²) >= 11 is 8.95. The topological polar surface area (TPSA) is 111 Å². The normalized spacial score (nSPS) is 11.6. The number of rotatable bonds is 41. The van der Waals surface area contributed by atoms with Gasteiger partial charge < -0.3 is 56.8 Å². The largest absolute Gasteiger partial charge is 0.379 e. The number of alkyl halides is 2. The zero-order valence-corrected chi connectivity index (χ0v) is 29.2. The maximum atomic E-state index is 5.65. The zero-order chi connectivity index (χ0) is 31.7. The third-order valence-corrected chi connectivity index (χ3v) is 6.08. The van der Waals surface area contributed by atoms with Gasteiger partial charge in [-0.3, -0.25) is 0 Å². The highest BCUT2D eigenvalue weighted by Gasteiger charge is 1.97. The van der Waals surface area contributed by atoms with Crippen molar-refractivity contribution in [3.8, 4) is 0 Å². The molecular weight excluding hydrogens is 668 g/mol. The third kappa shape index (κ3) is 42.3. The van der Waals surface area contributed by atoms with Crippen molar-refractivity contribution in [3.05, 3.63) is 0 Å². The highest BCUT2D eigenvalue weighted by molar-refractivity contribution is 9.09. The highest BCUT2D eigenvalue weighted by Crippen LogP contribution is 2.01. The Morgan fingerprint density at radius 1 is 0.250 bits per heavy atom. The van der Waals surface area contributed by atoms with Gasteiger partial charge in [-0.15, -0.1) is 11.6 Å². The van der Waals surface area contributed by atoms with Crippen molar-refractivity contribution >= 4 is 27.5 Å². The Labute approximate surface area is 279 Å². The van der Waals surface area contributed by atoms with E-state index < -0.39 is 0 Å². The van der Waals surface area contributed by atoms with Crippen molar-refractivity contribution in [2.24, 2.45) is 0 Å². The van der Waals surface area contributed by atoms with Crippen LogP contribution in [0.5, 0.6) is 0 Å². The molecule has 0 atom stereocenters. The van der Waals surface area contributed by atoms with Crippen LogP contribution in [0.3, 0.4) is 0 Å². The Hall–Kier alpha value is 0.290. The van der Waals surface area contributed by atoms with E-state index in [2.05, 4.69) is 15.9 Å². The predicted octanol–water partition coefficient (Wildman–Crippen LogP) is 3.38. The van der Waals surface area contributed by atoms with Gasteiger partial charge in [0.05, 0.1) is 152 Å². The summed E-state index contributed by atoms with van der Waals surface area (Å²) in [5.74, 6) is 0.744. The van der Waals surface area contributed by atoms with Crippen LogP contribution in [0.4, 0.5) is 0 Å². The lowest BCUT2D eigenvalue weighted by atomic mass is 10.2. The molecule has 0 fully saturated rings.